The molecule has 0 bridgehead atoms. The number of rotatable bonds is 6. The normalized spacial score (nSPS) is 18.8. The SMILES string of the molecule is Cc1cccc(OCC(O)CNC2(C)CC2)c1. The second-order valence-electron chi connectivity index (χ2n) is 5.22. The highest BCUT2D eigenvalue weighted by atomic mass is 16.5. The van der Waals surface area contributed by atoms with E-state index in [1.807, 2.05) is 31.2 Å². The monoisotopic (exact) mass is 235 g/mol. The summed E-state index contributed by atoms with van der Waals surface area (Å²) < 4.78 is 5.54. The number of ether oxygens (including phenoxy) is 1. The minimum absolute atomic E-state index is 0.268. The van der Waals surface area contributed by atoms with Gasteiger partial charge in [-0.15, -0.1) is 0 Å². The molecule has 94 valence electrons. The summed E-state index contributed by atoms with van der Waals surface area (Å²) in [6.07, 6.45) is 1.96. The summed E-state index contributed by atoms with van der Waals surface area (Å²) in [5.74, 6) is 0.821. The number of aliphatic hydroxyl groups is 1. The zero-order valence-electron chi connectivity index (χ0n) is 10.6. The van der Waals surface area contributed by atoms with Gasteiger partial charge in [0.05, 0.1) is 0 Å². The molecule has 17 heavy (non-hydrogen) atoms. The predicted molar refractivity (Wildman–Crippen MR) is 68.3 cm³/mol. The zero-order valence-corrected chi connectivity index (χ0v) is 10.6. The quantitative estimate of drug-likeness (QED) is 0.791. The van der Waals surface area contributed by atoms with Gasteiger partial charge < -0.3 is 15.2 Å². The third-order valence-electron chi connectivity index (χ3n) is 3.20. The standard InChI is InChI=1S/C14H21NO2/c1-11-4-3-5-13(8-11)17-10-12(16)9-15-14(2)6-7-14/h3-5,8,12,15-16H,6-7,9-10H2,1-2H3. The fraction of sp³-hybridized carbons (Fsp3) is 0.571. The zero-order chi connectivity index (χ0) is 12.3. The number of nitrogens with one attached hydrogen (secondary N) is 1. The van der Waals surface area contributed by atoms with E-state index < -0.39 is 6.10 Å². The Balaban J connectivity index is 1.70. The summed E-state index contributed by atoms with van der Waals surface area (Å²) in [5, 5.41) is 13.1. The van der Waals surface area contributed by atoms with Gasteiger partial charge in [0.1, 0.15) is 18.5 Å². The molecule has 1 aliphatic rings. The van der Waals surface area contributed by atoms with Gasteiger partial charge in [0.2, 0.25) is 0 Å². The molecule has 1 unspecified atom stereocenters. The van der Waals surface area contributed by atoms with Gasteiger partial charge in [0.15, 0.2) is 0 Å². The molecule has 1 fully saturated rings. The first-order chi connectivity index (χ1) is 8.07. The van der Waals surface area contributed by atoms with Gasteiger partial charge in [-0.3, -0.25) is 0 Å². The van der Waals surface area contributed by atoms with Gasteiger partial charge in [0, 0.05) is 12.1 Å². The Morgan fingerprint density at radius 2 is 2.24 bits per heavy atom. The van der Waals surface area contributed by atoms with Gasteiger partial charge >= 0.3 is 0 Å². The van der Waals surface area contributed by atoms with Crippen molar-refractivity contribution in [2.45, 2.75) is 38.3 Å². The van der Waals surface area contributed by atoms with Crippen molar-refractivity contribution in [1.82, 2.24) is 5.32 Å². The van der Waals surface area contributed by atoms with Crippen LogP contribution in [-0.4, -0.2) is 29.9 Å². The molecule has 1 aromatic rings. The number of aliphatic hydroxyl groups excluding tert-OH is 1. The Hall–Kier alpha value is -1.06. The Morgan fingerprint density at radius 1 is 1.47 bits per heavy atom. The molecule has 0 saturated heterocycles. The highest BCUT2D eigenvalue weighted by Crippen LogP contribution is 2.33. The van der Waals surface area contributed by atoms with Crippen molar-refractivity contribution in [3.05, 3.63) is 29.8 Å². The summed E-state index contributed by atoms with van der Waals surface area (Å²) in [6, 6.07) is 7.87. The minimum atomic E-state index is -0.451. The van der Waals surface area contributed by atoms with E-state index in [2.05, 4.69) is 12.2 Å². The fourth-order valence-corrected chi connectivity index (χ4v) is 1.68. The molecule has 1 aliphatic carbocycles. The fourth-order valence-electron chi connectivity index (χ4n) is 1.68. The lowest BCUT2D eigenvalue weighted by atomic mass is 10.2. The first kappa shape index (κ1) is 12.4. The van der Waals surface area contributed by atoms with Crippen molar-refractivity contribution in [1.29, 1.82) is 0 Å². The number of benzene rings is 1. The molecular weight excluding hydrogens is 214 g/mol. The molecule has 2 N–H and O–H groups in total. The highest BCUT2D eigenvalue weighted by Gasteiger charge is 2.36. The molecular formula is C14H21NO2. The number of hydrogen-bond donors (Lipinski definition) is 2. The smallest absolute Gasteiger partial charge is 0.119 e. The van der Waals surface area contributed by atoms with Gasteiger partial charge in [-0.25, -0.2) is 0 Å². The van der Waals surface area contributed by atoms with E-state index >= 15 is 0 Å². The lowest BCUT2D eigenvalue weighted by Crippen LogP contribution is -2.37. The Labute approximate surface area is 103 Å². The largest absolute Gasteiger partial charge is 0.491 e. The van der Waals surface area contributed by atoms with Gasteiger partial charge in [0.25, 0.3) is 0 Å². The second kappa shape index (κ2) is 5.07. The summed E-state index contributed by atoms with van der Waals surface area (Å²) >= 11 is 0. The van der Waals surface area contributed by atoms with E-state index in [1.54, 1.807) is 0 Å². The van der Waals surface area contributed by atoms with Crippen LogP contribution < -0.4 is 10.1 Å². The molecule has 0 radical (unpaired) electrons. The van der Waals surface area contributed by atoms with Crippen molar-refractivity contribution < 1.29 is 9.84 Å². The molecule has 0 spiro atoms. The van der Waals surface area contributed by atoms with Crippen LogP contribution in [0.1, 0.15) is 25.3 Å². The average molecular weight is 235 g/mol. The van der Waals surface area contributed by atoms with Crippen molar-refractivity contribution in [3.8, 4) is 5.75 Å². The second-order valence-corrected chi connectivity index (χ2v) is 5.22. The van der Waals surface area contributed by atoms with E-state index in [-0.39, 0.29) is 5.54 Å². The van der Waals surface area contributed by atoms with Gasteiger partial charge in [-0.2, -0.15) is 0 Å². The van der Waals surface area contributed by atoms with Crippen LogP contribution in [0, 0.1) is 6.92 Å². The first-order valence-corrected chi connectivity index (χ1v) is 6.20. The van der Waals surface area contributed by atoms with E-state index in [0.717, 1.165) is 5.75 Å². The van der Waals surface area contributed by atoms with E-state index in [0.29, 0.717) is 13.2 Å². The average Bonchev–Trinajstić information content (AvgIpc) is 3.03. The Morgan fingerprint density at radius 3 is 2.88 bits per heavy atom. The van der Waals surface area contributed by atoms with E-state index in [9.17, 15) is 5.11 Å². The van der Waals surface area contributed by atoms with Crippen LogP contribution in [-0.2, 0) is 0 Å². The van der Waals surface area contributed by atoms with Crippen LogP contribution in [0.2, 0.25) is 0 Å². The molecule has 1 saturated carbocycles. The van der Waals surface area contributed by atoms with E-state index in [4.69, 9.17) is 4.74 Å². The van der Waals surface area contributed by atoms with Crippen molar-refractivity contribution >= 4 is 0 Å². The summed E-state index contributed by atoms with van der Waals surface area (Å²) in [7, 11) is 0. The molecule has 3 nitrogen and oxygen atoms in total. The van der Waals surface area contributed by atoms with Crippen LogP contribution in [0.15, 0.2) is 24.3 Å². The lowest BCUT2D eigenvalue weighted by Gasteiger charge is -2.16. The van der Waals surface area contributed by atoms with Crippen LogP contribution in [0.5, 0.6) is 5.75 Å². The van der Waals surface area contributed by atoms with Crippen LogP contribution in [0.25, 0.3) is 0 Å². The topological polar surface area (TPSA) is 41.5 Å². The molecule has 0 aromatic heterocycles. The molecule has 2 rings (SSSR count). The molecule has 0 heterocycles. The Bertz CT molecular complexity index is 374. The minimum Gasteiger partial charge on any atom is -0.491 e. The maximum Gasteiger partial charge on any atom is 0.119 e. The predicted octanol–water partition coefficient (Wildman–Crippen LogP) is 1.88. The van der Waals surface area contributed by atoms with Gasteiger partial charge in [-0.05, 0) is 44.4 Å². The molecule has 3 heteroatoms. The Kier molecular flexibility index (Phi) is 3.69. The van der Waals surface area contributed by atoms with Gasteiger partial charge in [-0.1, -0.05) is 12.1 Å². The first-order valence-electron chi connectivity index (χ1n) is 6.20. The highest BCUT2D eigenvalue weighted by molar-refractivity contribution is 5.27. The molecule has 1 aromatic carbocycles. The maximum atomic E-state index is 9.78. The molecule has 0 aliphatic heterocycles. The maximum absolute atomic E-state index is 9.78. The van der Waals surface area contributed by atoms with Crippen molar-refractivity contribution in [2.75, 3.05) is 13.2 Å². The lowest BCUT2D eigenvalue weighted by molar-refractivity contribution is 0.103. The van der Waals surface area contributed by atoms with Crippen LogP contribution in [0.3, 0.4) is 0 Å². The van der Waals surface area contributed by atoms with Crippen molar-refractivity contribution in [3.63, 3.8) is 0 Å². The number of aryl methyl sites for hydroxylation is 1. The third-order valence-corrected chi connectivity index (χ3v) is 3.20. The van der Waals surface area contributed by atoms with Crippen molar-refractivity contribution in [2.24, 2.45) is 0 Å². The summed E-state index contributed by atoms with van der Waals surface area (Å²) in [5.41, 5.74) is 1.44. The van der Waals surface area contributed by atoms with Crippen LogP contribution in [0.4, 0.5) is 0 Å². The molecule has 0 amide bonds. The third kappa shape index (κ3) is 4.02. The molecule has 1 atom stereocenters. The number of β-amino-alcohol motifs (C(OH)–C–C–N with tert-alkyl or cyclic N) is 1. The summed E-state index contributed by atoms with van der Waals surface area (Å²) in [4.78, 5) is 0. The van der Waals surface area contributed by atoms with Crippen LogP contribution >= 0.6 is 0 Å². The van der Waals surface area contributed by atoms with E-state index in [1.165, 1.54) is 18.4 Å². The number of hydrogen-bond acceptors (Lipinski definition) is 3. The summed E-state index contributed by atoms with van der Waals surface area (Å²) in [6.45, 7) is 5.15.